The summed E-state index contributed by atoms with van der Waals surface area (Å²) in [7, 11) is 0. The summed E-state index contributed by atoms with van der Waals surface area (Å²) in [4.78, 5) is 0. The van der Waals surface area contributed by atoms with Gasteiger partial charge in [0.05, 0.1) is 5.56 Å². The van der Waals surface area contributed by atoms with Gasteiger partial charge < -0.3 is 4.74 Å². The molecule has 0 radical (unpaired) electrons. The van der Waals surface area contributed by atoms with Gasteiger partial charge in [-0.1, -0.05) is 11.6 Å². The van der Waals surface area contributed by atoms with Gasteiger partial charge in [0.2, 0.25) is 0 Å². The largest absolute Gasteiger partial charge is 0.456 e. The van der Waals surface area contributed by atoms with Crippen LogP contribution in [-0.2, 0) is 0 Å². The normalized spacial score (nSPS) is 10.3. The third-order valence-electron chi connectivity index (χ3n) is 2.52. The zero-order valence-electron chi connectivity index (χ0n) is 9.50. The highest BCUT2D eigenvalue weighted by molar-refractivity contribution is 6.30. The van der Waals surface area contributed by atoms with Crippen LogP contribution in [0, 0.1) is 11.3 Å². The van der Waals surface area contributed by atoms with Crippen LogP contribution < -0.4 is 4.74 Å². The molecule has 0 aliphatic heterocycles. The minimum Gasteiger partial charge on any atom is -0.456 e. The van der Waals surface area contributed by atoms with E-state index in [-0.39, 0.29) is 0 Å². The van der Waals surface area contributed by atoms with Crippen LogP contribution in [0.3, 0.4) is 0 Å². The van der Waals surface area contributed by atoms with Crippen molar-refractivity contribution in [2.75, 3.05) is 0 Å². The van der Waals surface area contributed by atoms with E-state index in [1.165, 1.54) is 0 Å². The van der Waals surface area contributed by atoms with Crippen LogP contribution in [-0.4, -0.2) is 10.3 Å². The molecule has 3 rings (SSSR count). The number of hydrogen-bond acceptors (Lipinski definition) is 5. The van der Waals surface area contributed by atoms with E-state index in [0.29, 0.717) is 33.1 Å². The van der Waals surface area contributed by atoms with Crippen molar-refractivity contribution in [1.29, 1.82) is 5.26 Å². The first-order chi connectivity index (χ1) is 9.26. The highest BCUT2D eigenvalue weighted by Gasteiger charge is 2.07. The Morgan fingerprint density at radius 3 is 2.79 bits per heavy atom. The lowest BCUT2D eigenvalue weighted by molar-refractivity contribution is 0.315. The van der Waals surface area contributed by atoms with Crippen LogP contribution in [0.1, 0.15) is 5.56 Å². The molecule has 0 atom stereocenters. The van der Waals surface area contributed by atoms with Gasteiger partial charge >= 0.3 is 0 Å². The number of halogens is 1. The molecule has 0 fully saturated rings. The summed E-state index contributed by atoms with van der Waals surface area (Å²) in [5, 5.41) is 16.9. The van der Waals surface area contributed by atoms with E-state index in [4.69, 9.17) is 21.6 Å². The Labute approximate surface area is 112 Å². The highest BCUT2D eigenvalue weighted by atomic mass is 35.5. The summed E-state index contributed by atoms with van der Waals surface area (Å²) in [6, 6.07) is 12.0. The number of rotatable bonds is 2. The fourth-order valence-corrected chi connectivity index (χ4v) is 1.80. The molecule has 0 aliphatic rings. The van der Waals surface area contributed by atoms with E-state index < -0.39 is 0 Å². The average molecular weight is 272 g/mol. The summed E-state index contributed by atoms with van der Waals surface area (Å²) in [6.07, 6.45) is 0. The monoisotopic (exact) mass is 271 g/mol. The first kappa shape index (κ1) is 11.5. The zero-order chi connectivity index (χ0) is 13.2. The first-order valence-electron chi connectivity index (χ1n) is 5.36. The van der Waals surface area contributed by atoms with E-state index in [2.05, 4.69) is 14.9 Å². The van der Waals surface area contributed by atoms with Crippen molar-refractivity contribution in [2.24, 2.45) is 0 Å². The van der Waals surface area contributed by atoms with E-state index in [0.717, 1.165) is 0 Å². The minimum atomic E-state index is 0.367. The molecule has 0 amide bonds. The average Bonchev–Trinajstić information content (AvgIpc) is 2.88. The zero-order valence-corrected chi connectivity index (χ0v) is 10.3. The summed E-state index contributed by atoms with van der Waals surface area (Å²) in [5.41, 5.74) is 1.60. The standard InChI is InChI=1S/C13H6ClN3O2/c14-9-1-4-13(8(5-9)7-15)18-10-2-3-11-12(6-10)17-19-16-11/h1-6H. The second-order valence-electron chi connectivity index (χ2n) is 3.77. The van der Waals surface area contributed by atoms with Crippen molar-refractivity contribution < 1.29 is 9.37 Å². The quantitative estimate of drug-likeness (QED) is 0.713. The summed E-state index contributed by atoms with van der Waals surface area (Å²) in [6.45, 7) is 0. The predicted molar refractivity (Wildman–Crippen MR) is 68.0 cm³/mol. The predicted octanol–water partition coefficient (Wildman–Crippen LogP) is 3.54. The second-order valence-corrected chi connectivity index (χ2v) is 4.21. The lowest BCUT2D eigenvalue weighted by Gasteiger charge is -2.07. The molecule has 0 spiro atoms. The van der Waals surface area contributed by atoms with Crippen molar-refractivity contribution in [2.45, 2.75) is 0 Å². The number of benzene rings is 2. The maximum Gasteiger partial charge on any atom is 0.145 e. The van der Waals surface area contributed by atoms with Crippen LogP contribution >= 0.6 is 11.6 Å². The van der Waals surface area contributed by atoms with Gasteiger partial charge in [-0.2, -0.15) is 5.26 Å². The third-order valence-corrected chi connectivity index (χ3v) is 2.75. The number of ether oxygens (including phenoxy) is 1. The van der Waals surface area contributed by atoms with Crippen LogP contribution in [0.2, 0.25) is 5.02 Å². The van der Waals surface area contributed by atoms with Crippen molar-refractivity contribution in [1.82, 2.24) is 10.3 Å². The van der Waals surface area contributed by atoms with Gasteiger partial charge in [0, 0.05) is 11.1 Å². The van der Waals surface area contributed by atoms with E-state index >= 15 is 0 Å². The SMILES string of the molecule is N#Cc1cc(Cl)ccc1Oc1ccc2nonc2c1. The molecule has 0 unspecified atom stereocenters. The number of nitrogens with zero attached hydrogens (tertiary/aromatic N) is 3. The van der Waals surface area contributed by atoms with Crippen molar-refractivity contribution in [3.05, 3.63) is 47.0 Å². The second kappa shape index (κ2) is 4.59. The number of fused-ring (bicyclic) bond motifs is 1. The molecule has 0 saturated heterocycles. The molecular formula is C13H6ClN3O2. The van der Waals surface area contributed by atoms with Crippen molar-refractivity contribution >= 4 is 22.6 Å². The molecule has 92 valence electrons. The molecule has 1 heterocycles. The van der Waals surface area contributed by atoms with Crippen molar-refractivity contribution in [3.63, 3.8) is 0 Å². The molecule has 5 nitrogen and oxygen atoms in total. The molecule has 3 aromatic rings. The Morgan fingerprint density at radius 1 is 1.11 bits per heavy atom. The molecule has 0 N–H and O–H groups in total. The molecular weight excluding hydrogens is 266 g/mol. The number of hydrogen-bond donors (Lipinski definition) is 0. The van der Waals surface area contributed by atoms with Gasteiger partial charge in [0.1, 0.15) is 28.6 Å². The van der Waals surface area contributed by atoms with Crippen LogP contribution in [0.15, 0.2) is 41.0 Å². The van der Waals surface area contributed by atoms with Gasteiger partial charge in [-0.15, -0.1) is 0 Å². The van der Waals surface area contributed by atoms with Crippen LogP contribution in [0.4, 0.5) is 0 Å². The maximum absolute atomic E-state index is 9.03. The Morgan fingerprint density at radius 2 is 1.95 bits per heavy atom. The number of aromatic nitrogens is 2. The number of nitriles is 1. The van der Waals surface area contributed by atoms with E-state index in [9.17, 15) is 0 Å². The Kier molecular flexibility index (Phi) is 2.78. The Bertz CT molecular complexity index is 792. The topological polar surface area (TPSA) is 71.9 Å². The molecule has 1 aromatic heterocycles. The molecule has 0 aliphatic carbocycles. The first-order valence-corrected chi connectivity index (χ1v) is 5.74. The Balaban J connectivity index is 1.98. The van der Waals surface area contributed by atoms with Crippen molar-refractivity contribution in [3.8, 4) is 17.6 Å². The molecule has 0 bridgehead atoms. The fourth-order valence-electron chi connectivity index (χ4n) is 1.63. The molecule has 6 heteroatoms. The fraction of sp³-hybridized carbons (Fsp3) is 0. The van der Waals surface area contributed by atoms with Crippen LogP contribution in [0.25, 0.3) is 11.0 Å². The lowest BCUT2D eigenvalue weighted by atomic mass is 10.2. The summed E-state index contributed by atoms with van der Waals surface area (Å²) in [5.74, 6) is 0.977. The highest BCUT2D eigenvalue weighted by Crippen LogP contribution is 2.28. The van der Waals surface area contributed by atoms with E-state index in [1.807, 2.05) is 6.07 Å². The van der Waals surface area contributed by atoms with Crippen LogP contribution in [0.5, 0.6) is 11.5 Å². The third kappa shape index (κ3) is 2.21. The summed E-state index contributed by atoms with van der Waals surface area (Å²) < 4.78 is 10.2. The van der Waals surface area contributed by atoms with Gasteiger partial charge in [0.25, 0.3) is 0 Å². The van der Waals surface area contributed by atoms with Gasteiger partial charge in [-0.05, 0) is 40.6 Å². The summed E-state index contributed by atoms with van der Waals surface area (Å²) >= 11 is 5.82. The van der Waals surface area contributed by atoms with Gasteiger partial charge in [0.15, 0.2) is 0 Å². The minimum absolute atomic E-state index is 0.367. The lowest BCUT2D eigenvalue weighted by Crippen LogP contribution is -1.88. The smallest absolute Gasteiger partial charge is 0.145 e. The van der Waals surface area contributed by atoms with E-state index in [1.54, 1.807) is 36.4 Å². The Hall–Kier alpha value is -2.58. The molecule has 0 saturated carbocycles. The van der Waals surface area contributed by atoms with Gasteiger partial charge in [-0.25, -0.2) is 4.63 Å². The maximum atomic E-state index is 9.03. The molecule has 2 aromatic carbocycles. The van der Waals surface area contributed by atoms with Gasteiger partial charge in [-0.3, -0.25) is 0 Å². The molecule has 19 heavy (non-hydrogen) atoms.